The van der Waals surface area contributed by atoms with Gasteiger partial charge in [-0.3, -0.25) is 0 Å². The Kier molecular flexibility index (Phi) is 3.46. The molecular formula is C16H11F2N5S. The van der Waals surface area contributed by atoms with Crippen LogP contribution >= 0.6 is 11.3 Å². The average Bonchev–Trinajstić information content (AvgIpc) is 3.17. The molecule has 2 aromatic heterocycles. The predicted molar refractivity (Wildman–Crippen MR) is 88.5 cm³/mol. The Morgan fingerprint density at radius 2 is 1.92 bits per heavy atom. The largest absolute Gasteiger partial charge is 0.374 e. The molecule has 0 radical (unpaired) electrons. The van der Waals surface area contributed by atoms with E-state index in [1.54, 1.807) is 12.4 Å². The molecule has 120 valence electrons. The van der Waals surface area contributed by atoms with Crippen molar-refractivity contribution in [3.63, 3.8) is 0 Å². The van der Waals surface area contributed by atoms with E-state index in [2.05, 4.69) is 15.2 Å². The van der Waals surface area contributed by atoms with Gasteiger partial charge in [-0.05, 0) is 35.9 Å². The first kappa shape index (κ1) is 14.7. The normalized spacial score (nSPS) is 11.2. The summed E-state index contributed by atoms with van der Waals surface area (Å²) in [5.74, 6) is -1.71. The number of nitrogens with zero attached hydrogens (tertiary/aromatic N) is 4. The number of benzene rings is 2. The highest BCUT2D eigenvalue weighted by Gasteiger charge is 2.10. The van der Waals surface area contributed by atoms with E-state index in [4.69, 9.17) is 5.73 Å². The lowest BCUT2D eigenvalue weighted by molar-refractivity contribution is 0.506. The molecule has 8 heteroatoms. The first-order valence-corrected chi connectivity index (χ1v) is 7.90. The number of nitrogen functional groups attached to an aromatic ring is 1. The Hall–Kier alpha value is -2.87. The van der Waals surface area contributed by atoms with E-state index in [1.165, 1.54) is 17.4 Å². The van der Waals surface area contributed by atoms with E-state index in [9.17, 15) is 8.78 Å². The Morgan fingerprint density at radius 3 is 2.67 bits per heavy atom. The molecule has 0 spiro atoms. The second-order valence-electron chi connectivity index (χ2n) is 5.27. The van der Waals surface area contributed by atoms with Crippen LogP contribution in [-0.4, -0.2) is 19.7 Å². The van der Waals surface area contributed by atoms with E-state index in [0.717, 1.165) is 27.7 Å². The Morgan fingerprint density at radius 1 is 1.04 bits per heavy atom. The van der Waals surface area contributed by atoms with E-state index in [1.807, 2.05) is 22.8 Å². The van der Waals surface area contributed by atoms with Gasteiger partial charge >= 0.3 is 0 Å². The smallest absolute Gasteiger partial charge is 0.203 e. The number of hydrogen-bond donors (Lipinski definition) is 1. The topological polar surface area (TPSA) is 69.6 Å². The highest BCUT2D eigenvalue weighted by Crippen LogP contribution is 2.27. The number of imidazole rings is 1. The zero-order valence-corrected chi connectivity index (χ0v) is 13.1. The van der Waals surface area contributed by atoms with Crippen LogP contribution < -0.4 is 5.73 Å². The Balaban J connectivity index is 1.68. The molecule has 0 unspecified atom stereocenters. The fourth-order valence-electron chi connectivity index (χ4n) is 2.51. The van der Waals surface area contributed by atoms with Crippen molar-refractivity contribution < 1.29 is 8.78 Å². The molecule has 2 aromatic carbocycles. The molecule has 2 heterocycles. The fraction of sp³-hybridized carbons (Fsp3) is 0.0625. The van der Waals surface area contributed by atoms with Crippen LogP contribution in [0.2, 0.25) is 0 Å². The summed E-state index contributed by atoms with van der Waals surface area (Å²) < 4.78 is 28.2. The van der Waals surface area contributed by atoms with Crippen molar-refractivity contribution in [1.82, 2.24) is 19.7 Å². The number of halogens is 2. The molecule has 4 aromatic rings. The monoisotopic (exact) mass is 343 g/mol. The van der Waals surface area contributed by atoms with Gasteiger partial charge in [0.1, 0.15) is 5.01 Å². The van der Waals surface area contributed by atoms with Crippen molar-refractivity contribution in [3.8, 4) is 10.6 Å². The van der Waals surface area contributed by atoms with Crippen LogP contribution in [0.1, 0.15) is 5.56 Å². The molecular weight excluding hydrogens is 332 g/mol. The summed E-state index contributed by atoms with van der Waals surface area (Å²) in [6.07, 6.45) is 1.67. The lowest BCUT2D eigenvalue weighted by Crippen LogP contribution is -1.99. The van der Waals surface area contributed by atoms with Crippen LogP contribution in [0.4, 0.5) is 13.9 Å². The van der Waals surface area contributed by atoms with Crippen LogP contribution in [0.3, 0.4) is 0 Å². The van der Waals surface area contributed by atoms with E-state index < -0.39 is 11.6 Å². The minimum absolute atomic E-state index is 0.402. The number of hydrogen-bond acceptors (Lipinski definition) is 5. The molecule has 0 aliphatic heterocycles. The number of rotatable bonds is 3. The van der Waals surface area contributed by atoms with Gasteiger partial charge < -0.3 is 10.3 Å². The van der Waals surface area contributed by atoms with Gasteiger partial charge in [0.05, 0.1) is 17.4 Å². The Labute approximate surface area is 139 Å². The van der Waals surface area contributed by atoms with Crippen LogP contribution in [0.25, 0.3) is 21.6 Å². The third-order valence-corrected chi connectivity index (χ3v) is 4.45. The maximum Gasteiger partial charge on any atom is 0.203 e. The van der Waals surface area contributed by atoms with Crippen LogP contribution in [0, 0.1) is 11.6 Å². The molecule has 0 aliphatic carbocycles. The molecule has 0 amide bonds. The molecule has 0 saturated carbocycles. The summed E-state index contributed by atoms with van der Waals surface area (Å²) in [5.41, 5.74) is 8.83. The number of anilines is 1. The summed E-state index contributed by atoms with van der Waals surface area (Å²) in [7, 11) is 0. The highest BCUT2D eigenvalue weighted by atomic mass is 32.1. The summed E-state index contributed by atoms with van der Waals surface area (Å²) in [6, 6.07) is 9.60. The molecule has 2 N–H and O–H groups in total. The van der Waals surface area contributed by atoms with Crippen LogP contribution in [0.5, 0.6) is 0 Å². The second-order valence-corrected chi connectivity index (χ2v) is 6.28. The Bertz CT molecular complexity index is 1040. The van der Waals surface area contributed by atoms with Crippen molar-refractivity contribution in [2.75, 3.05) is 5.73 Å². The van der Waals surface area contributed by atoms with E-state index in [-0.39, 0.29) is 0 Å². The van der Waals surface area contributed by atoms with Gasteiger partial charge in [0, 0.05) is 12.1 Å². The van der Waals surface area contributed by atoms with Gasteiger partial charge in [0.25, 0.3) is 0 Å². The maximum atomic E-state index is 13.3. The number of nitrogens with two attached hydrogens (primary N) is 1. The molecule has 5 nitrogen and oxygen atoms in total. The van der Waals surface area contributed by atoms with E-state index >= 15 is 0 Å². The van der Waals surface area contributed by atoms with Gasteiger partial charge in [-0.25, -0.2) is 13.8 Å². The third-order valence-electron chi connectivity index (χ3n) is 3.65. The standard InChI is InChI=1S/C16H11F2N5S/c17-11-3-1-9(5-12(11)18)7-23-8-20-13-6-10(2-4-14(13)23)15-21-22-16(19)24-15/h1-6,8H,7H2,(H2,19,22). The molecule has 24 heavy (non-hydrogen) atoms. The van der Waals surface area contributed by atoms with Crippen molar-refractivity contribution in [2.24, 2.45) is 0 Å². The zero-order valence-electron chi connectivity index (χ0n) is 12.3. The average molecular weight is 343 g/mol. The minimum atomic E-state index is -0.854. The van der Waals surface area contributed by atoms with Gasteiger partial charge in [0.2, 0.25) is 5.13 Å². The van der Waals surface area contributed by atoms with Crippen molar-refractivity contribution >= 4 is 27.5 Å². The third kappa shape index (κ3) is 2.61. The SMILES string of the molecule is Nc1nnc(-c2ccc3c(c2)ncn3Cc2ccc(F)c(F)c2)s1. The fourth-order valence-corrected chi connectivity index (χ4v) is 3.11. The summed E-state index contributed by atoms with van der Waals surface area (Å²) in [6.45, 7) is 0.402. The lowest BCUT2D eigenvalue weighted by Gasteiger charge is -2.05. The van der Waals surface area contributed by atoms with Crippen molar-refractivity contribution in [3.05, 3.63) is 59.9 Å². The predicted octanol–water partition coefficient (Wildman–Crippen LogP) is 3.46. The van der Waals surface area contributed by atoms with Gasteiger partial charge in [-0.15, -0.1) is 10.2 Å². The first-order chi connectivity index (χ1) is 11.6. The lowest BCUT2D eigenvalue weighted by atomic mass is 10.2. The van der Waals surface area contributed by atoms with Crippen molar-refractivity contribution in [1.29, 1.82) is 0 Å². The summed E-state index contributed by atoms with van der Waals surface area (Å²) in [4.78, 5) is 4.37. The summed E-state index contributed by atoms with van der Waals surface area (Å²) in [5, 5.41) is 8.96. The van der Waals surface area contributed by atoms with Crippen LogP contribution in [-0.2, 0) is 6.54 Å². The molecule has 0 atom stereocenters. The van der Waals surface area contributed by atoms with Crippen LogP contribution in [0.15, 0.2) is 42.7 Å². The molecule has 4 rings (SSSR count). The molecule has 0 fully saturated rings. The summed E-state index contributed by atoms with van der Waals surface area (Å²) >= 11 is 1.31. The quantitative estimate of drug-likeness (QED) is 0.618. The number of aromatic nitrogens is 4. The second kappa shape index (κ2) is 5.64. The first-order valence-electron chi connectivity index (χ1n) is 7.08. The highest BCUT2D eigenvalue weighted by molar-refractivity contribution is 7.18. The van der Waals surface area contributed by atoms with Gasteiger partial charge in [-0.2, -0.15) is 0 Å². The number of fused-ring (bicyclic) bond motifs is 1. The maximum absolute atomic E-state index is 13.3. The van der Waals surface area contributed by atoms with Crippen molar-refractivity contribution in [2.45, 2.75) is 6.54 Å². The molecule has 0 aliphatic rings. The van der Waals surface area contributed by atoms with E-state index in [0.29, 0.717) is 17.2 Å². The van der Waals surface area contributed by atoms with Gasteiger partial charge in [-0.1, -0.05) is 17.4 Å². The molecule has 0 bridgehead atoms. The minimum Gasteiger partial charge on any atom is -0.374 e. The van der Waals surface area contributed by atoms with Gasteiger partial charge in [0.15, 0.2) is 11.6 Å². The molecule has 0 saturated heterocycles. The zero-order chi connectivity index (χ0) is 16.7.